The number of anilines is 1. The molecule has 3 amide bonds. The standard InChI is InChI=1S/C59H68F2N10O5/c1-3-43-48(60)21-16-38-29-41(72)31-46(52(38)43)55-53(61)56-47(32-62-55)57(71-33-39-17-18-40(34-71)63-39)66-59(65-56)76-42-13-12-26-69(35-42)25-11-9-7-5-4-6-8-10-14-51(74)70-27-23-36(24-28-70)37-15-19-44-49(30-37)68(2)67-54(44)45-20-22-50(73)64-58(45)75/h1,15-16,19,21,29-32,36,39-40,42,45,63,72H,4-14,17-18,20,22-28,33-35H2,2H3,(H,64,73,75). The number of pyridine rings is 1. The lowest BCUT2D eigenvalue weighted by molar-refractivity contribution is -0.134. The van der Waals surface area contributed by atoms with Crippen LogP contribution in [-0.4, -0.2) is 121 Å². The van der Waals surface area contributed by atoms with Gasteiger partial charge in [-0.15, -0.1) is 6.42 Å². The molecule has 0 spiro atoms. The van der Waals surface area contributed by atoms with Gasteiger partial charge in [0.05, 0.1) is 28.1 Å². The third-order valence-corrected chi connectivity index (χ3v) is 16.8. The average Bonchev–Trinajstić information content (AvgIpc) is 3.96. The van der Waals surface area contributed by atoms with E-state index in [4.69, 9.17) is 26.2 Å². The summed E-state index contributed by atoms with van der Waals surface area (Å²) in [6.07, 6.45) is 23.2. The summed E-state index contributed by atoms with van der Waals surface area (Å²) in [5.74, 6) is 1.20. The zero-order valence-electron chi connectivity index (χ0n) is 43.5. The Morgan fingerprint density at radius 3 is 2.39 bits per heavy atom. The first kappa shape index (κ1) is 51.3. The Labute approximate surface area is 442 Å². The number of phenols is 1. The van der Waals surface area contributed by atoms with Crippen molar-refractivity contribution in [3.8, 4) is 35.4 Å². The number of aromatic nitrogens is 5. The molecular formula is C59H68F2N10O5. The first-order valence-electron chi connectivity index (χ1n) is 27.7. The molecule has 0 saturated carbocycles. The fraction of sp³-hybridized carbons (Fsp3) is 0.508. The summed E-state index contributed by atoms with van der Waals surface area (Å²) in [5.41, 5.74) is 3.03. The normalized spacial score (nSPS) is 21.4. The van der Waals surface area contributed by atoms with E-state index in [2.05, 4.69) is 49.5 Å². The predicted molar refractivity (Wildman–Crippen MR) is 288 cm³/mol. The molecule has 4 atom stereocenters. The minimum Gasteiger partial charge on any atom is -0.508 e. The number of rotatable bonds is 17. The lowest BCUT2D eigenvalue weighted by Gasteiger charge is -2.35. The first-order chi connectivity index (χ1) is 37.0. The number of piperidine rings is 3. The molecule has 0 aliphatic carbocycles. The van der Waals surface area contributed by atoms with Gasteiger partial charge in [0.2, 0.25) is 17.7 Å². The minimum atomic E-state index is -0.726. The molecule has 76 heavy (non-hydrogen) atoms. The van der Waals surface area contributed by atoms with Crippen LogP contribution in [0.2, 0.25) is 0 Å². The van der Waals surface area contributed by atoms with E-state index < -0.39 is 17.6 Å². The fourth-order valence-electron chi connectivity index (χ4n) is 12.7. The molecule has 2 bridgehead atoms. The number of terminal acetylenes is 1. The van der Waals surface area contributed by atoms with Gasteiger partial charge in [-0.05, 0) is 112 Å². The van der Waals surface area contributed by atoms with E-state index in [9.17, 15) is 19.5 Å². The number of halogens is 2. The number of aryl methyl sites for hydroxylation is 1. The minimum absolute atomic E-state index is 0.0361. The molecule has 15 nitrogen and oxygen atoms in total. The number of nitrogens with one attached hydrogen (secondary N) is 2. The lowest BCUT2D eigenvalue weighted by Crippen LogP contribution is -2.51. The number of ether oxygens (including phenoxy) is 1. The molecule has 8 heterocycles. The maximum atomic E-state index is 17.1. The number of phenolic OH excluding ortho intramolecular Hbond substituents is 1. The van der Waals surface area contributed by atoms with Gasteiger partial charge in [0.25, 0.3) is 0 Å². The maximum Gasteiger partial charge on any atom is 0.319 e. The Kier molecular flexibility index (Phi) is 15.2. The molecular weight excluding hydrogens is 967 g/mol. The number of fused-ring (bicyclic) bond motifs is 5. The van der Waals surface area contributed by atoms with Crippen LogP contribution >= 0.6 is 0 Å². The number of piperazine rings is 1. The van der Waals surface area contributed by atoms with E-state index in [0.29, 0.717) is 66.9 Å². The van der Waals surface area contributed by atoms with Crippen LogP contribution in [0.15, 0.2) is 48.7 Å². The highest BCUT2D eigenvalue weighted by molar-refractivity contribution is 6.04. The molecule has 5 aliphatic heterocycles. The number of amides is 3. The van der Waals surface area contributed by atoms with E-state index >= 15 is 8.78 Å². The number of hydrogen-bond donors (Lipinski definition) is 3. The zero-order valence-corrected chi connectivity index (χ0v) is 43.5. The number of imide groups is 1. The Hall–Kier alpha value is -6.77. The summed E-state index contributed by atoms with van der Waals surface area (Å²) in [6.45, 7) is 5.64. The van der Waals surface area contributed by atoms with Crippen LogP contribution in [0, 0.1) is 24.0 Å². The summed E-state index contributed by atoms with van der Waals surface area (Å²) in [4.78, 5) is 58.4. The van der Waals surface area contributed by atoms with Gasteiger partial charge in [-0.1, -0.05) is 62.6 Å². The molecule has 5 fully saturated rings. The van der Waals surface area contributed by atoms with Crippen molar-refractivity contribution in [3.63, 3.8) is 0 Å². The van der Waals surface area contributed by atoms with Gasteiger partial charge in [0.15, 0.2) is 5.82 Å². The van der Waals surface area contributed by atoms with Crippen molar-refractivity contribution in [1.29, 1.82) is 0 Å². The van der Waals surface area contributed by atoms with Crippen molar-refractivity contribution in [1.82, 2.24) is 45.2 Å². The van der Waals surface area contributed by atoms with Gasteiger partial charge in [0, 0.05) is 87.2 Å². The van der Waals surface area contributed by atoms with Gasteiger partial charge >= 0.3 is 6.01 Å². The Morgan fingerprint density at radius 2 is 1.63 bits per heavy atom. The van der Waals surface area contributed by atoms with Gasteiger partial charge < -0.3 is 25.0 Å². The quantitative estimate of drug-likeness (QED) is 0.0451. The number of unbranched alkanes of at least 4 members (excludes halogenated alkanes) is 7. The largest absolute Gasteiger partial charge is 0.508 e. The molecule has 4 unspecified atom stereocenters. The fourth-order valence-corrected chi connectivity index (χ4v) is 12.7. The Bertz CT molecular complexity index is 3210. The molecule has 3 aromatic carbocycles. The second-order valence-corrected chi connectivity index (χ2v) is 21.9. The summed E-state index contributed by atoms with van der Waals surface area (Å²) < 4.78 is 40.6. The van der Waals surface area contributed by atoms with Crippen molar-refractivity contribution in [2.75, 3.05) is 50.7 Å². The number of hydrogen-bond acceptors (Lipinski definition) is 12. The molecule has 3 N–H and O–H groups in total. The molecule has 398 valence electrons. The van der Waals surface area contributed by atoms with Crippen LogP contribution in [0.3, 0.4) is 0 Å². The maximum absolute atomic E-state index is 17.1. The second kappa shape index (κ2) is 22.4. The van der Waals surface area contributed by atoms with E-state index in [1.807, 2.05) is 16.6 Å². The van der Waals surface area contributed by atoms with Gasteiger partial charge in [-0.2, -0.15) is 15.1 Å². The molecule has 5 aliphatic rings. The van der Waals surface area contributed by atoms with Crippen LogP contribution in [0.1, 0.15) is 138 Å². The van der Waals surface area contributed by atoms with Gasteiger partial charge in [-0.25, -0.2) is 8.78 Å². The van der Waals surface area contributed by atoms with Crippen LogP contribution in [0.25, 0.3) is 43.8 Å². The molecule has 5 saturated heterocycles. The van der Waals surface area contributed by atoms with Crippen LogP contribution in [-0.2, 0) is 21.4 Å². The smallest absolute Gasteiger partial charge is 0.319 e. The highest BCUT2D eigenvalue weighted by atomic mass is 19.1. The van der Waals surface area contributed by atoms with Crippen molar-refractivity contribution in [2.45, 2.75) is 139 Å². The van der Waals surface area contributed by atoms with Crippen molar-refractivity contribution >= 4 is 56.1 Å². The summed E-state index contributed by atoms with van der Waals surface area (Å²) >= 11 is 0. The lowest BCUT2D eigenvalue weighted by atomic mass is 9.87. The highest BCUT2D eigenvalue weighted by Gasteiger charge is 2.36. The summed E-state index contributed by atoms with van der Waals surface area (Å²) in [5, 5.41) is 23.7. The predicted octanol–water partition coefficient (Wildman–Crippen LogP) is 8.92. The van der Waals surface area contributed by atoms with Crippen LogP contribution < -0.4 is 20.3 Å². The highest BCUT2D eigenvalue weighted by Crippen LogP contribution is 2.40. The summed E-state index contributed by atoms with van der Waals surface area (Å²) in [6, 6.07) is 12.7. The van der Waals surface area contributed by atoms with Crippen molar-refractivity contribution in [2.24, 2.45) is 7.05 Å². The number of benzene rings is 3. The second-order valence-electron chi connectivity index (χ2n) is 21.9. The third kappa shape index (κ3) is 10.8. The molecule has 11 rings (SSSR count). The number of carbonyl (C=O) groups excluding carboxylic acids is 3. The van der Waals surface area contributed by atoms with Crippen molar-refractivity contribution in [3.05, 3.63) is 77.1 Å². The summed E-state index contributed by atoms with van der Waals surface area (Å²) in [7, 11) is 1.90. The number of aromatic hydroxyl groups is 1. The number of carbonyl (C=O) groups is 3. The zero-order chi connectivity index (χ0) is 52.5. The monoisotopic (exact) mass is 1030 g/mol. The van der Waals surface area contributed by atoms with Gasteiger partial charge in [0.1, 0.15) is 34.7 Å². The molecule has 0 radical (unpaired) electrons. The average molecular weight is 1040 g/mol. The van der Waals surface area contributed by atoms with E-state index in [-0.39, 0.29) is 63.3 Å². The third-order valence-electron chi connectivity index (χ3n) is 16.8. The SMILES string of the molecule is C#Cc1c(F)ccc2cc(O)cc(-c3ncc4c(N5CC6CCC(C5)N6)nc(OC5CCCN(CCCCCCCCCCC(=O)N6CCC(c7ccc8c(C9CCC(=O)NC9=O)nn(C)c8c7)CC6)C5)nc4c3F)c12. The molecule has 3 aromatic heterocycles. The Morgan fingerprint density at radius 1 is 0.868 bits per heavy atom. The number of likely N-dealkylation sites (tertiary alicyclic amines) is 2. The van der Waals surface area contributed by atoms with E-state index in [1.165, 1.54) is 49.1 Å². The van der Waals surface area contributed by atoms with Crippen LogP contribution in [0.5, 0.6) is 11.8 Å². The molecule has 17 heteroatoms. The van der Waals surface area contributed by atoms with Gasteiger partial charge in [-0.3, -0.25) is 34.3 Å². The number of nitrogens with zero attached hydrogens (tertiary/aromatic N) is 8. The molecule has 6 aromatic rings. The Balaban J connectivity index is 0.626. The first-order valence-corrected chi connectivity index (χ1v) is 27.7. The topological polar surface area (TPSA) is 171 Å². The van der Waals surface area contributed by atoms with Crippen molar-refractivity contribution < 1.29 is 33.0 Å². The van der Waals surface area contributed by atoms with E-state index in [0.717, 1.165) is 120 Å². The van der Waals surface area contributed by atoms with E-state index in [1.54, 1.807) is 6.20 Å². The van der Waals surface area contributed by atoms with Crippen LogP contribution in [0.4, 0.5) is 14.6 Å².